The van der Waals surface area contributed by atoms with Crippen LogP contribution in [0.3, 0.4) is 0 Å². The van der Waals surface area contributed by atoms with E-state index in [4.69, 9.17) is 0 Å². The Morgan fingerprint density at radius 3 is 0.538 bits per heavy atom. The van der Waals surface area contributed by atoms with Gasteiger partial charge >= 0.3 is 44.1 Å². The maximum absolute atomic E-state index is 9.75. The Morgan fingerprint density at radius 2 is 0.538 bits per heavy atom. The second-order valence-electron chi connectivity index (χ2n) is 0.990. The van der Waals surface area contributed by atoms with Crippen LogP contribution in [0.4, 0.5) is 34.5 Å². The Kier molecular flexibility index (Phi) is 27.4. The van der Waals surface area contributed by atoms with Crippen LogP contribution in [0.25, 0.3) is 0 Å². The molecule has 0 unspecified atom stereocenters. The molecule has 0 heterocycles. The fourth-order valence-corrected chi connectivity index (χ4v) is 0. The Morgan fingerprint density at radius 1 is 0.538 bits per heavy atom. The van der Waals surface area contributed by atoms with E-state index < -0.39 is 14.5 Å². The van der Waals surface area contributed by atoms with Gasteiger partial charge in [0.2, 0.25) is 0 Å². The molecule has 0 amide bonds. The van der Waals surface area contributed by atoms with Crippen molar-refractivity contribution in [3.63, 3.8) is 0 Å². The third-order valence-corrected chi connectivity index (χ3v) is 0. The predicted molar refractivity (Wildman–Crippen MR) is 52.3 cm³/mol. The van der Waals surface area contributed by atoms with Gasteiger partial charge in [0.1, 0.15) is 0 Å². The summed E-state index contributed by atoms with van der Waals surface area (Å²) < 4.78 is 78.0. The summed E-state index contributed by atoms with van der Waals surface area (Å²) in [6.45, 7) is 0. The Labute approximate surface area is 127 Å². The van der Waals surface area contributed by atoms with Gasteiger partial charge in [0.05, 0.1) is 0 Å². The van der Waals surface area contributed by atoms with Gasteiger partial charge < -0.3 is 36.0 Å². The molecular weight excluding hydrogens is 450 g/mol. The van der Waals surface area contributed by atoms with Crippen LogP contribution in [0.15, 0.2) is 0 Å². The molecule has 0 aromatic rings. The smallest absolute Gasteiger partial charge is 1.00 e. The summed E-state index contributed by atoms with van der Waals surface area (Å²) in [5.41, 5.74) is 0. The standard InChI is InChI=1S/2BF4.2HI.Na.H/c2*2-1(3,4)5;;;;/h;;2*1H;;/q2*-1;;;+1;-1. The normalized spacial score (nSPS) is 9.23. The molecule has 13 heavy (non-hydrogen) atoms. The van der Waals surface area contributed by atoms with E-state index in [9.17, 15) is 34.5 Å². The molecule has 0 fully saturated rings. The van der Waals surface area contributed by atoms with Crippen LogP contribution >= 0.6 is 48.0 Å². The third-order valence-electron chi connectivity index (χ3n) is 0. The summed E-state index contributed by atoms with van der Waals surface area (Å²) >= 11 is 0. The molecule has 82 valence electrons. The van der Waals surface area contributed by atoms with Gasteiger partial charge in [-0.25, -0.2) is 0 Å². The molecular formula is H3B2F8I2Na-2. The van der Waals surface area contributed by atoms with Gasteiger partial charge in [-0.3, -0.25) is 0 Å². The van der Waals surface area contributed by atoms with Crippen molar-refractivity contribution in [3.05, 3.63) is 0 Å². The fourth-order valence-electron chi connectivity index (χ4n) is 0. The molecule has 0 bridgehead atoms. The minimum atomic E-state index is -6.00. The fraction of sp³-hybridized carbons (Fsp3) is 0. The van der Waals surface area contributed by atoms with E-state index in [-0.39, 0.29) is 78.9 Å². The number of halogens is 10. The second kappa shape index (κ2) is 12.1. The van der Waals surface area contributed by atoms with Gasteiger partial charge in [-0.2, -0.15) is 0 Å². The van der Waals surface area contributed by atoms with Crippen LogP contribution < -0.4 is 29.6 Å². The molecule has 0 saturated carbocycles. The largest absolute Gasteiger partial charge is 1.00 e. The van der Waals surface area contributed by atoms with Crippen molar-refractivity contribution in [3.8, 4) is 0 Å². The minimum absolute atomic E-state index is 0. The monoisotopic (exact) mass is 454 g/mol. The summed E-state index contributed by atoms with van der Waals surface area (Å²) in [5.74, 6) is 0. The van der Waals surface area contributed by atoms with Crippen molar-refractivity contribution >= 4 is 62.5 Å². The minimum Gasteiger partial charge on any atom is -1.00 e. The Balaban J connectivity index is -0.0000000178. The molecule has 0 spiro atoms. The summed E-state index contributed by atoms with van der Waals surface area (Å²) in [6, 6.07) is 0. The molecule has 0 aromatic heterocycles. The van der Waals surface area contributed by atoms with Crippen LogP contribution in [0.5, 0.6) is 0 Å². The molecule has 0 radical (unpaired) electrons. The van der Waals surface area contributed by atoms with Crippen molar-refractivity contribution in [2.75, 3.05) is 0 Å². The first-order chi connectivity index (χ1) is 4.00. The second-order valence-corrected chi connectivity index (χ2v) is 0.990. The van der Waals surface area contributed by atoms with Crippen molar-refractivity contribution in [2.45, 2.75) is 0 Å². The van der Waals surface area contributed by atoms with Crippen molar-refractivity contribution in [2.24, 2.45) is 0 Å². The summed E-state index contributed by atoms with van der Waals surface area (Å²) in [5, 5.41) is 0. The first-order valence-corrected chi connectivity index (χ1v) is 1.75. The molecule has 0 atom stereocenters. The molecule has 0 aromatic carbocycles. The SMILES string of the molecule is F[B-](F)(F)F.F[B-](F)(F)F.I.I.[H-].[Na+]. The van der Waals surface area contributed by atoms with Crippen LogP contribution in [-0.2, 0) is 0 Å². The molecule has 0 N–H and O–H groups in total. The van der Waals surface area contributed by atoms with Crippen molar-refractivity contribution in [1.29, 1.82) is 0 Å². The van der Waals surface area contributed by atoms with Gasteiger partial charge in [0, 0.05) is 0 Å². The number of rotatable bonds is 0. The first-order valence-electron chi connectivity index (χ1n) is 1.75. The summed E-state index contributed by atoms with van der Waals surface area (Å²) in [7, 11) is -12.0. The molecule has 13 heteroatoms. The molecule has 0 saturated heterocycles. The zero-order chi connectivity index (χ0) is 9.00. The maximum atomic E-state index is 9.75. The van der Waals surface area contributed by atoms with E-state index in [1.807, 2.05) is 0 Å². The summed E-state index contributed by atoms with van der Waals surface area (Å²) in [4.78, 5) is 0. The van der Waals surface area contributed by atoms with Crippen LogP contribution in [-0.4, -0.2) is 14.5 Å². The molecule has 0 aliphatic heterocycles. The maximum Gasteiger partial charge on any atom is 1.00 e. The quantitative estimate of drug-likeness (QED) is 0.291. The predicted octanol–water partition coefficient (Wildman–Crippen LogP) is 0.953. The molecule has 0 rings (SSSR count). The van der Waals surface area contributed by atoms with Crippen molar-refractivity contribution < 1.29 is 65.5 Å². The van der Waals surface area contributed by atoms with Gasteiger partial charge in [-0.1, -0.05) is 0 Å². The average Bonchev–Trinajstić information content (AvgIpc) is 1.12. The van der Waals surface area contributed by atoms with E-state index in [0.29, 0.717) is 0 Å². The van der Waals surface area contributed by atoms with Gasteiger partial charge in [0.15, 0.2) is 0 Å². The number of hydrogen-bond acceptors (Lipinski definition) is 0. The third kappa shape index (κ3) is 493. The van der Waals surface area contributed by atoms with Gasteiger partial charge in [-0.05, 0) is 0 Å². The zero-order valence-electron chi connectivity index (χ0n) is 6.99. The molecule has 0 aliphatic carbocycles. The van der Waals surface area contributed by atoms with Gasteiger partial charge in [0.25, 0.3) is 0 Å². The van der Waals surface area contributed by atoms with E-state index in [0.717, 1.165) is 0 Å². The van der Waals surface area contributed by atoms with E-state index in [1.54, 1.807) is 0 Å². The Hall–Kier alpha value is 2.03. The van der Waals surface area contributed by atoms with Crippen LogP contribution in [0.1, 0.15) is 1.43 Å². The van der Waals surface area contributed by atoms with E-state index in [1.165, 1.54) is 0 Å². The molecule has 0 aliphatic rings. The molecule has 0 nitrogen and oxygen atoms in total. The first kappa shape index (κ1) is 29.4. The summed E-state index contributed by atoms with van der Waals surface area (Å²) in [6.07, 6.45) is 0. The van der Waals surface area contributed by atoms with E-state index in [2.05, 4.69) is 0 Å². The van der Waals surface area contributed by atoms with Crippen molar-refractivity contribution in [1.82, 2.24) is 0 Å². The van der Waals surface area contributed by atoms with Gasteiger partial charge in [-0.15, -0.1) is 48.0 Å². The van der Waals surface area contributed by atoms with Crippen LogP contribution in [0, 0.1) is 0 Å². The Bertz CT molecular complexity index is 68.3. The van der Waals surface area contributed by atoms with Crippen LogP contribution in [0.2, 0.25) is 0 Å². The zero-order valence-corrected chi connectivity index (χ0v) is 12.7. The average molecular weight is 453 g/mol. The number of hydrogen-bond donors (Lipinski definition) is 0. The van der Waals surface area contributed by atoms with E-state index >= 15 is 0 Å². The topological polar surface area (TPSA) is 0 Å².